The highest BCUT2D eigenvalue weighted by Crippen LogP contribution is 2.43. The molecule has 1 amide bonds. The summed E-state index contributed by atoms with van der Waals surface area (Å²) in [5, 5.41) is 11.6. The van der Waals surface area contributed by atoms with Crippen LogP contribution in [0.15, 0.2) is 64.8 Å². The molecule has 0 saturated carbocycles. The predicted molar refractivity (Wildman–Crippen MR) is 127 cm³/mol. The van der Waals surface area contributed by atoms with Crippen LogP contribution in [0.3, 0.4) is 0 Å². The Hall–Kier alpha value is -3.42. The number of aliphatic hydroxyl groups excluding tert-OH is 1. The highest BCUT2D eigenvalue weighted by atomic mass is 35.5. The summed E-state index contributed by atoms with van der Waals surface area (Å²) in [6, 6.07) is 12.4. The van der Waals surface area contributed by atoms with E-state index in [9.17, 15) is 14.7 Å². The number of nitrogens with zero attached hydrogens (tertiary/aromatic N) is 1. The van der Waals surface area contributed by atoms with E-state index in [1.165, 1.54) is 30.4 Å². The van der Waals surface area contributed by atoms with Crippen LogP contribution in [-0.2, 0) is 16.1 Å². The van der Waals surface area contributed by atoms with Gasteiger partial charge in [-0.1, -0.05) is 35.3 Å². The molecule has 3 aromatic rings. The van der Waals surface area contributed by atoms with E-state index in [0.29, 0.717) is 18.1 Å². The molecule has 34 heavy (non-hydrogen) atoms. The summed E-state index contributed by atoms with van der Waals surface area (Å²) >= 11 is 12.4. The van der Waals surface area contributed by atoms with Crippen molar-refractivity contribution in [3.63, 3.8) is 0 Å². The molecule has 7 nitrogen and oxygen atoms in total. The standard InChI is InChI=1S/C25H21Cl2NO6/c1-3-33-16-8-6-14(7-9-16)13-28-21(19-5-4-10-34-19)20(23(30)25(28)31)22(29)17-11-15(26)12-18(27)24(17)32-2/h4-12,21,29H,3,13H2,1-2H3/b22-20-. The number of ether oxygens (including phenoxy) is 2. The Bertz CT molecular complexity index is 1250. The molecule has 1 fully saturated rings. The first-order valence-corrected chi connectivity index (χ1v) is 11.2. The second-order valence-electron chi connectivity index (χ2n) is 7.49. The van der Waals surface area contributed by atoms with Crippen LogP contribution < -0.4 is 9.47 Å². The highest BCUT2D eigenvalue weighted by molar-refractivity contribution is 6.46. The van der Waals surface area contributed by atoms with Gasteiger partial charge in [0.2, 0.25) is 0 Å². The van der Waals surface area contributed by atoms with E-state index in [4.69, 9.17) is 37.1 Å². The van der Waals surface area contributed by atoms with Crippen LogP contribution in [-0.4, -0.2) is 35.4 Å². The summed E-state index contributed by atoms with van der Waals surface area (Å²) in [4.78, 5) is 27.6. The van der Waals surface area contributed by atoms with Gasteiger partial charge in [-0.15, -0.1) is 0 Å². The van der Waals surface area contributed by atoms with Gasteiger partial charge in [0.15, 0.2) is 0 Å². The molecular weight excluding hydrogens is 481 g/mol. The van der Waals surface area contributed by atoms with Crippen molar-refractivity contribution in [2.45, 2.75) is 19.5 Å². The topological polar surface area (TPSA) is 89.2 Å². The van der Waals surface area contributed by atoms with Crippen LogP contribution in [0.1, 0.15) is 29.9 Å². The molecule has 176 valence electrons. The zero-order valence-electron chi connectivity index (χ0n) is 18.4. The van der Waals surface area contributed by atoms with E-state index in [0.717, 1.165) is 5.56 Å². The average molecular weight is 502 g/mol. The lowest BCUT2D eigenvalue weighted by Gasteiger charge is -2.23. The summed E-state index contributed by atoms with van der Waals surface area (Å²) in [6.07, 6.45) is 1.43. The summed E-state index contributed by atoms with van der Waals surface area (Å²) in [7, 11) is 1.38. The summed E-state index contributed by atoms with van der Waals surface area (Å²) in [6.45, 7) is 2.52. The Balaban J connectivity index is 1.82. The molecule has 1 saturated heterocycles. The Labute approximate surface area is 206 Å². The Morgan fingerprint density at radius 3 is 2.50 bits per heavy atom. The summed E-state index contributed by atoms with van der Waals surface area (Å²) < 4.78 is 16.3. The van der Waals surface area contributed by atoms with Gasteiger partial charge in [0.05, 0.1) is 36.1 Å². The molecule has 0 radical (unpaired) electrons. The third kappa shape index (κ3) is 4.36. The van der Waals surface area contributed by atoms with E-state index >= 15 is 0 Å². The molecule has 1 aliphatic rings. The molecule has 1 aliphatic heterocycles. The first-order valence-electron chi connectivity index (χ1n) is 10.4. The van der Waals surface area contributed by atoms with Crippen LogP contribution in [0.4, 0.5) is 0 Å². The van der Waals surface area contributed by atoms with Crippen molar-refractivity contribution in [3.05, 3.63) is 87.3 Å². The lowest BCUT2D eigenvalue weighted by atomic mass is 9.98. The lowest BCUT2D eigenvalue weighted by Crippen LogP contribution is -2.29. The molecule has 0 bridgehead atoms. The molecule has 0 spiro atoms. The van der Waals surface area contributed by atoms with E-state index in [2.05, 4.69) is 0 Å². The van der Waals surface area contributed by atoms with Crippen LogP contribution in [0.25, 0.3) is 5.76 Å². The average Bonchev–Trinajstić information content (AvgIpc) is 3.42. The van der Waals surface area contributed by atoms with Crippen molar-refractivity contribution >= 4 is 40.7 Å². The van der Waals surface area contributed by atoms with Gasteiger partial charge < -0.3 is 23.9 Å². The van der Waals surface area contributed by atoms with E-state index in [1.807, 2.05) is 19.1 Å². The van der Waals surface area contributed by atoms with Crippen molar-refractivity contribution in [2.24, 2.45) is 0 Å². The number of aliphatic hydroxyl groups is 1. The zero-order chi connectivity index (χ0) is 24.4. The molecule has 2 heterocycles. The molecule has 0 aliphatic carbocycles. The number of methoxy groups -OCH3 is 1. The van der Waals surface area contributed by atoms with Gasteiger partial charge in [0, 0.05) is 11.6 Å². The van der Waals surface area contributed by atoms with Gasteiger partial charge in [-0.3, -0.25) is 9.59 Å². The van der Waals surface area contributed by atoms with Gasteiger partial charge in [-0.25, -0.2) is 0 Å². The number of Topliss-reactive ketones (excluding diaryl/α,β-unsaturated/α-hetero) is 1. The van der Waals surface area contributed by atoms with Crippen LogP contribution in [0.5, 0.6) is 11.5 Å². The third-order valence-electron chi connectivity index (χ3n) is 5.41. The maximum Gasteiger partial charge on any atom is 0.296 e. The SMILES string of the molecule is CCOc1ccc(CN2C(=O)C(=O)/C(=C(\O)c3cc(Cl)cc(Cl)c3OC)C2c2ccco2)cc1. The number of hydrogen-bond acceptors (Lipinski definition) is 6. The fourth-order valence-electron chi connectivity index (χ4n) is 3.93. The van der Waals surface area contributed by atoms with E-state index in [-0.39, 0.29) is 33.5 Å². The van der Waals surface area contributed by atoms with Crippen molar-refractivity contribution in [1.82, 2.24) is 4.90 Å². The number of likely N-dealkylation sites (tertiary alicyclic amines) is 1. The van der Waals surface area contributed by atoms with Crippen molar-refractivity contribution in [1.29, 1.82) is 0 Å². The van der Waals surface area contributed by atoms with Crippen LogP contribution in [0.2, 0.25) is 10.0 Å². The fraction of sp³-hybridized carbons (Fsp3) is 0.200. The quantitative estimate of drug-likeness (QED) is 0.257. The minimum absolute atomic E-state index is 0.0932. The number of halogens is 2. The zero-order valence-corrected chi connectivity index (χ0v) is 19.9. The maximum absolute atomic E-state index is 13.2. The number of carbonyl (C=O) groups is 2. The number of rotatable bonds is 7. The molecule has 1 unspecified atom stereocenters. The van der Waals surface area contributed by atoms with Crippen molar-refractivity contribution < 1.29 is 28.6 Å². The molecular formula is C25H21Cl2NO6. The molecule has 2 aromatic carbocycles. The van der Waals surface area contributed by atoms with Gasteiger partial charge in [-0.2, -0.15) is 0 Å². The van der Waals surface area contributed by atoms with E-state index < -0.39 is 23.5 Å². The van der Waals surface area contributed by atoms with Crippen molar-refractivity contribution in [2.75, 3.05) is 13.7 Å². The fourth-order valence-corrected chi connectivity index (χ4v) is 4.50. The minimum atomic E-state index is -0.968. The summed E-state index contributed by atoms with van der Waals surface area (Å²) in [5.74, 6) is -0.957. The largest absolute Gasteiger partial charge is 0.507 e. The van der Waals surface area contributed by atoms with Crippen molar-refractivity contribution in [3.8, 4) is 11.5 Å². The number of hydrogen-bond donors (Lipinski definition) is 1. The second-order valence-corrected chi connectivity index (χ2v) is 8.33. The Morgan fingerprint density at radius 2 is 1.88 bits per heavy atom. The van der Waals surface area contributed by atoms with Gasteiger partial charge in [0.25, 0.3) is 11.7 Å². The number of furan rings is 1. The third-order valence-corrected chi connectivity index (χ3v) is 5.91. The van der Waals surface area contributed by atoms with Gasteiger partial charge >= 0.3 is 0 Å². The monoisotopic (exact) mass is 501 g/mol. The minimum Gasteiger partial charge on any atom is -0.507 e. The van der Waals surface area contributed by atoms with Gasteiger partial charge in [0.1, 0.15) is 29.1 Å². The van der Waals surface area contributed by atoms with Crippen LogP contribution >= 0.6 is 23.2 Å². The predicted octanol–water partition coefficient (Wildman–Crippen LogP) is 5.62. The normalized spacial score (nSPS) is 17.3. The smallest absolute Gasteiger partial charge is 0.296 e. The highest BCUT2D eigenvalue weighted by Gasteiger charge is 2.47. The molecule has 9 heteroatoms. The number of carbonyl (C=O) groups excluding carboxylic acids is 2. The molecule has 1 aromatic heterocycles. The molecule has 1 atom stereocenters. The van der Waals surface area contributed by atoms with Gasteiger partial charge in [-0.05, 0) is 48.9 Å². The number of amides is 1. The Morgan fingerprint density at radius 1 is 1.15 bits per heavy atom. The second kappa shape index (κ2) is 9.83. The van der Waals surface area contributed by atoms with Crippen LogP contribution in [0, 0.1) is 0 Å². The maximum atomic E-state index is 13.2. The van der Waals surface area contributed by atoms with E-state index in [1.54, 1.807) is 24.3 Å². The summed E-state index contributed by atoms with van der Waals surface area (Å²) in [5.41, 5.74) is 0.712. The Kier molecular flexibility index (Phi) is 6.86. The number of benzene rings is 2. The first kappa shape index (κ1) is 23.7. The number of ketones is 1. The molecule has 4 rings (SSSR count). The molecule has 1 N–H and O–H groups in total. The first-order chi connectivity index (χ1) is 16.3. The lowest BCUT2D eigenvalue weighted by molar-refractivity contribution is -0.140.